The van der Waals surface area contributed by atoms with Gasteiger partial charge in [-0.05, 0) is 0 Å². The van der Waals surface area contributed by atoms with Crippen molar-refractivity contribution in [2.75, 3.05) is 32.8 Å². The normalized spacial score (nSPS) is 17.8. The minimum atomic E-state index is -1.22. The van der Waals surface area contributed by atoms with Crippen LogP contribution in [0.1, 0.15) is 0 Å². The highest BCUT2D eigenvalue weighted by molar-refractivity contribution is 5.81. The van der Waals surface area contributed by atoms with Crippen molar-refractivity contribution in [2.45, 2.75) is 6.04 Å². The molecule has 0 aromatic carbocycles. The van der Waals surface area contributed by atoms with Crippen molar-refractivity contribution in [2.24, 2.45) is 0 Å². The molecule has 1 heterocycles. The van der Waals surface area contributed by atoms with Gasteiger partial charge in [-0.15, -0.1) is 0 Å². The van der Waals surface area contributed by atoms with E-state index >= 15 is 0 Å². The molecular formula is C13H18N2O6. The Hall–Kier alpha value is -2.51. The largest absolute Gasteiger partial charge is 0.480 e. The molecule has 1 aliphatic heterocycles. The topological polar surface area (TPSA) is 96.4 Å². The van der Waals surface area contributed by atoms with E-state index in [2.05, 4.69) is 13.2 Å². The Morgan fingerprint density at radius 3 is 2.19 bits per heavy atom. The van der Waals surface area contributed by atoms with E-state index in [1.807, 2.05) is 0 Å². The fourth-order valence-electron chi connectivity index (χ4n) is 1.81. The first kappa shape index (κ1) is 16.5. The molecule has 1 unspecified atom stereocenters. The fourth-order valence-corrected chi connectivity index (χ4v) is 1.81. The standard InChI is InChI=1S/C13H18N2O6/c1-3-7-20-12(18)14-5-6-15(10(9-14)11(16)17)13(19)21-8-4-2/h3-4,10H,1-2,5-9H2,(H,16,17). The maximum Gasteiger partial charge on any atom is 0.410 e. The average molecular weight is 298 g/mol. The zero-order valence-corrected chi connectivity index (χ0v) is 11.6. The van der Waals surface area contributed by atoms with Gasteiger partial charge in [0.25, 0.3) is 0 Å². The number of carboxylic acid groups (broad SMARTS) is 1. The maximum absolute atomic E-state index is 11.8. The summed E-state index contributed by atoms with van der Waals surface area (Å²) in [4.78, 5) is 37.0. The lowest BCUT2D eigenvalue weighted by molar-refractivity contribution is -0.144. The summed E-state index contributed by atoms with van der Waals surface area (Å²) >= 11 is 0. The molecule has 116 valence electrons. The van der Waals surface area contributed by atoms with E-state index < -0.39 is 24.2 Å². The summed E-state index contributed by atoms with van der Waals surface area (Å²) in [6.07, 6.45) is 1.41. The summed E-state index contributed by atoms with van der Waals surface area (Å²) in [6.45, 7) is 6.92. The Bertz CT molecular complexity index is 436. The molecule has 8 nitrogen and oxygen atoms in total. The molecule has 1 fully saturated rings. The lowest BCUT2D eigenvalue weighted by Crippen LogP contribution is -2.59. The number of carboxylic acids is 1. The van der Waals surface area contributed by atoms with E-state index in [-0.39, 0.29) is 32.8 Å². The monoisotopic (exact) mass is 298 g/mol. The molecule has 0 aliphatic carbocycles. The van der Waals surface area contributed by atoms with E-state index in [0.717, 1.165) is 4.90 Å². The Kier molecular flexibility index (Phi) is 6.25. The van der Waals surface area contributed by atoms with Gasteiger partial charge in [0.1, 0.15) is 13.2 Å². The second-order valence-corrected chi connectivity index (χ2v) is 4.22. The number of piperazine rings is 1. The van der Waals surface area contributed by atoms with Crippen LogP contribution in [0.3, 0.4) is 0 Å². The van der Waals surface area contributed by atoms with E-state index in [1.165, 1.54) is 17.1 Å². The van der Waals surface area contributed by atoms with Crippen LogP contribution < -0.4 is 0 Å². The van der Waals surface area contributed by atoms with Crippen molar-refractivity contribution in [3.05, 3.63) is 25.3 Å². The maximum atomic E-state index is 11.8. The molecule has 0 aromatic rings. The van der Waals surface area contributed by atoms with Crippen LogP contribution in [0.2, 0.25) is 0 Å². The van der Waals surface area contributed by atoms with Gasteiger partial charge in [-0.3, -0.25) is 4.90 Å². The van der Waals surface area contributed by atoms with Crippen molar-refractivity contribution in [3.63, 3.8) is 0 Å². The van der Waals surface area contributed by atoms with Gasteiger partial charge in [-0.2, -0.15) is 0 Å². The molecule has 8 heteroatoms. The zero-order valence-electron chi connectivity index (χ0n) is 11.6. The van der Waals surface area contributed by atoms with E-state index in [9.17, 15) is 19.5 Å². The minimum absolute atomic E-state index is 0.00718. The second-order valence-electron chi connectivity index (χ2n) is 4.22. The van der Waals surface area contributed by atoms with Gasteiger partial charge in [0.2, 0.25) is 0 Å². The van der Waals surface area contributed by atoms with Crippen LogP contribution in [0.15, 0.2) is 25.3 Å². The number of amides is 2. The zero-order chi connectivity index (χ0) is 15.8. The van der Waals surface area contributed by atoms with Gasteiger partial charge >= 0.3 is 18.2 Å². The van der Waals surface area contributed by atoms with Crippen LogP contribution in [0, 0.1) is 0 Å². The van der Waals surface area contributed by atoms with Crippen LogP contribution in [-0.2, 0) is 14.3 Å². The van der Waals surface area contributed by atoms with Crippen LogP contribution in [0.5, 0.6) is 0 Å². The first-order chi connectivity index (χ1) is 10.0. The number of hydrogen-bond acceptors (Lipinski definition) is 5. The van der Waals surface area contributed by atoms with Gasteiger partial charge in [0.15, 0.2) is 6.04 Å². The molecule has 2 amide bonds. The lowest BCUT2D eigenvalue weighted by Gasteiger charge is -2.37. The van der Waals surface area contributed by atoms with Crippen molar-refractivity contribution in [3.8, 4) is 0 Å². The molecule has 0 radical (unpaired) electrons. The van der Waals surface area contributed by atoms with Crippen molar-refractivity contribution >= 4 is 18.2 Å². The molecule has 1 aliphatic rings. The first-order valence-corrected chi connectivity index (χ1v) is 6.31. The Morgan fingerprint density at radius 2 is 1.67 bits per heavy atom. The second kappa shape index (κ2) is 7.93. The van der Waals surface area contributed by atoms with Gasteiger partial charge in [-0.25, -0.2) is 14.4 Å². The molecule has 1 atom stereocenters. The fraction of sp³-hybridized carbons (Fsp3) is 0.462. The number of aliphatic carboxylic acids is 1. The van der Waals surface area contributed by atoms with Gasteiger partial charge in [-0.1, -0.05) is 25.3 Å². The average Bonchev–Trinajstić information content (AvgIpc) is 2.49. The molecule has 0 bridgehead atoms. The predicted molar refractivity (Wildman–Crippen MR) is 72.8 cm³/mol. The van der Waals surface area contributed by atoms with Crippen LogP contribution in [0.4, 0.5) is 9.59 Å². The Morgan fingerprint density at radius 1 is 1.10 bits per heavy atom. The highest BCUT2D eigenvalue weighted by Gasteiger charge is 2.38. The molecule has 1 saturated heterocycles. The molecular weight excluding hydrogens is 280 g/mol. The van der Waals surface area contributed by atoms with Gasteiger partial charge in [0, 0.05) is 13.1 Å². The molecule has 0 saturated carbocycles. The smallest absolute Gasteiger partial charge is 0.410 e. The Balaban J connectivity index is 2.69. The number of carbonyl (C=O) groups is 3. The summed E-state index contributed by atoms with van der Waals surface area (Å²) in [5, 5.41) is 9.19. The lowest BCUT2D eigenvalue weighted by atomic mass is 10.2. The Labute approximate surface area is 122 Å². The summed E-state index contributed by atoms with van der Waals surface area (Å²) in [5.41, 5.74) is 0. The number of nitrogens with zero attached hydrogens (tertiary/aromatic N) is 2. The van der Waals surface area contributed by atoms with Crippen molar-refractivity contribution in [1.29, 1.82) is 0 Å². The van der Waals surface area contributed by atoms with Crippen LogP contribution in [0.25, 0.3) is 0 Å². The summed E-state index contributed by atoms with van der Waals surface area (Å²) < 4.78 is 9.68. The number of carbonyl (C=O) groups excluding carboxylic acids is 2. The quantitative estimate of drug-likeness (QED) is 0.751. The van der Waals surface area contributed by atoms with E-state index in [4.69, 9.17) is 9.47 Å². The van der Waals surface area contributed by atoms with Crippen LogP contribution in [-0.4, -0.2) is 72.0 Å². The van der Waals surface area contributed by atoms with Gasteiger partial charge < -0.3 is 19.5 Å². The molecule has 0 spiro atoms. The third kappa shape index (κ3) is 4.51. The number of hydrogen-bond donors (Lipinski definition) is 1. The number of ether oxygens (including phenoxy) is 2. The molecule has 1 N–H and O–H groups in total. The summed E-state index contributed by atoms with van der Waals surface area (Å²) in [6, 6.07) is -1.17. The van der Waals surface area contributed by atoms with Crippen molar-refractivity contribution in [1.82, 2.24) is 9.80 Å². The summed E-state index contributed by atoms with van der Waals surface area (Å²) in [7, 11) is 0. The van der Waals surface area contributed by atoms with E-state index in [1.54, 1.807) is 0 Å². The van der Waals surface area contributed by atoms with Crippen LogP contribution >= 0.6 is 0 Å². The molecule has 0 aromatic heterocycles. The van der Waals surface area contributed by atoms with Gasteiger partial charge in [0.05, 0.1) is 6.54 Å². The number of rotatable bonds is 5. The molecule has 21 heavy (non-hydrogen) atoms. The highest BCUT2D eigenvalue weighted by Crippen LogP contribution is 2.13. The third-order valence-electron chi connectivity index (χ3n) is 2.81. The minimum Gasteiger partial charge on any atom is -0.480 e. The summed E-state index contributed by atoms with van der Waals surface area (Å²) in [5.74, 6) is -1.22. The first-order valence-electron chi connectivity index (χ1n) is 6.31. The molecule has 1 rings (SSSR count). The SMILES string of the molecule is C=CCOC(=O)N1CCN(C(=O)OCC=C)C(C(=O)O)C1. The van der Waals surface area contributed by atoms with Crippen molar-refractivity contribution < 1.29 is 29.0 Å². The third-order valence-corrected chi connectivity index (χ3v) is 2.81. The highest BCUT2D eigenvalue weighted by atomic mass is 16.6. The van der Waals surface area contributed by atoms with E-state index in [0.29, 0.717) is 0 Å². The predicted octanol–water partition coefficient (Wildman–Crippen LogP) is 0.702.